The van der Waals surface area contributed by atoms with Crippen LogP contribution in [0.1, 0.15) is 26.7 Å². The maximum Gasteiger partial charge on any atom is 0.0593 e. The Kier molecular flexibility index (Phi) is 5.45. The van der Waals surface area contributed by atoms with E-state index < -0.39 is 0 Å². The molecule has 14 heavy (non-hydrogen) atoms. The molecule has 3 nitrogen and oxygen atoms in total. The molecule has 2 unspecified atom stereocenters. The van der Waals surface area contributed by atoms with E-state index in [9.17, 15) is 0 Å². The topological polar surface area (TPSA) is 38.5 Å². The van der Waals surface area contributed by atoms with Gasteiger partial charge in [-0.3, -0.25) is 4.90 Å². The molecule has 1 fully saturated rings. The third kappa shape index (κ3) is 3.23. The Morgan fingerprint density at radius 1 is 1.50 bits per heavy atom. The molecule has 0 bridgehead atoms. The monoisotopic (exact) mass is 200 g/mol. The summed E-state index contributed by atoms with van der Waals surface area (Å²) in [5.41, 5.74) is 5.81. The molecule has 0 aromatic heterocycles. The standard InChI is InChI=1S/C11H24N2O/c1-3-14-8-7-13-6-4-5-10(2)11(13)9-12/h10-11H,3-9,12H2,1-2H3. The van der Waals surface area contributed by atoms with Gasteiger partial charge < -0.3 is 10.5 Å². The van der Waals surface area contributed by atoms with E-state index in [-0.39, 0.29) is 0 Å². The predicted molar refractivity (Wildman–Crippen MR) is 59.3 cm³/mol. The maximum absolute atomic E-state index is 5.81. The van der Waals surface area contributed by atoms with E-state index in [0.717, 1.165) is 32.2 Å². The molecule has 0 amide bonds. The highest BCUT2D eigenvalue weighted by atomic mass is 16.5. The molecule has 0 aromatic carbocycles. The first-order chi connectivity index (χ1) is 6.79. The highest BCUT2D eigenvalue weighted by Gasteiger charge is 2.26. The first-order valence-electron chi connectivity index (χ1n) is 5.81. The van der Waals surface area contributed by atoms with Crippen LogP contribution in [0.25, 0.3) is 0 Å². The molecule has 0 aromatic rings. The van der Waals surface area contributed by atoms with Crippen molar-refractivity contribution in [1.82, 2.24) is 4.90 Å². The van der Waals surface area contributed by atoms with Gasteiger partial charge in [-0.2, -0.15) is 0 Å². The molecule has 2 N–H and O–H groups in total. The molecule has 0 radical (unpaired) electrons. The van der Waals surface area contributed by atoms with Gasteiger partial charge in [-0.05, 0) is 32.2 Å². The first kappa shape index (κ1) is 12.0. The molecule has 0 spiro atoms. The van der Waals surface area contributed by atoms with Gasteiger partial charge in [0.2, 0.25) is 0 Å². The predicted octanol–water partition coefficient (Wildman–Crippen LogP) is 1.08. The van der Waals surface area contributed by atoms with Crippen LogP contribution in [-0.2, 0) is 4.74 Å². The zero-order valence-corrected chi connectivity index (χ0v) is 9.54. The molecular formula is C11H24N2O. The van der Waals surface area contributed by atoms with Crippen molar-refractivity contribution in [3.63, 3.8) is 0 Å². The van der Waals surface area contributed by atoms with Crippen LogP contribution >= 0.6 is 0 Å². The van der Waals surface area contributed by atoms with Gasteiger partial charge in [0, 0.05) is 25.7 Å². The van der Waals surface area contributed by atoms with Crippen LogP contribution in [0.2, 0.25) is 0 Å². The maximum atomic E-state index is 5.81. The van der Waals surface area contributed by atoms with E-state index in [0.29, 0.717) is 6.04 Å². The Labute approximate surface area is 87.6 Å². The van der Waals surface area contributed by atoms with Crippen molar-refractivity contribution in [2.45, 2.75) is 32.7 Å². The summed E-state index contributed by atoms with van der Waals surface area (Å²) in [6, 6.07) is 0.573. The molecule has 1 heterocycles. The van der Waals surface area contributed by atoms with Crippen molar-refractivity contribution in [2.24, 2.45) is 11.7 Å². The number of ether oxygens (including phenoxy) is 1. The number of hydrogen-bond acceptors (Lipinski definition) is 3. The van der Waals surface area contributed by atoms with Gasteiger partial charge in [-0.15, -0.1) is 0 Å². The van der Waals surface area contributed by atoms with Gasteiger partial charge in [-0.25, -0.2) is 0 Å². The summed E-state index contributed by atoms with van der Waals surface area (Å²) in [4.78, 5) is 2.49. The molecular weight excluding hydrogens is 176 g/mol. The third-order valence-corrected chi connectivity index (χ3v) is 3.20. The first-order valence-corrected chi connectivity index (χ1v) is 5.81. The normalized spacial score (nSPS) is 29.4. The van der Waals surface area contributed by atoms with Gasteiger partial charge in [-0.1, -0.05) is 6.92 Å². The Morgan fingerprint density at radius 2 is 2.29 bits per heavy atom. The number of nitrogens with zero attached hydrogens (tertiary/aromatic N) is 1. The average Bonchev–Trinajstić information content (AvgIpc) is 2.18. The Balaban J connectivity index is 2.32. The van der Waals surface area contributed by atoms with Crippen LogP contribution in [-0.4, -0.2) is 43.8 Å². The van der Waals surface area contributed by atoms with E-state index in [1.165, 1.54) is 19.4 Å². The lowest BCUT2D eigenvalue weighted by molar-refractivity contribution is 0.0587. The summed E-state index contributed by atoms with van der Waals surface area (Å²) in [7, 11) is 0. The van der Waals surface area contributed by atoms with Crippen molar-refractivity contribution in [3.05, 3.63) is 0 Å². The van der Waals surface area contributed by atoms with Gasteiger partial charge >= 0.3 is 0 Å². The average molecular weight is 200 g/mol. The fraction of sp³-hybridized carbons (Fsp3) is 1.00. The quantitative estimate of drug-likeness (QED) is 0.675. The van der Waals surface area contributed by atoms with E-state index in [4.69, 9.17) is 10.5 Å². The summed E-state index contributed by atoms with van der Waals surface area (Å²) in [6.45, 7) is 9.03. The number of hydrogen-bond donors (Lipinski definition) is 1. The Hall–Kier alpha value is -0.120. The number of likely N-dealkylation sites (tertiary alicyclic amines) is 1. The zero-order valence-electron chi connectivity index (χ0n) is 9.54. The molecule has 1 saturated heterocycles. The number of nitrogens with two attached hydrogens (primary N) is 1. The van der Waals surface area contributed by atoms with Crippen LogP contribution in [0.3, 0.4) is 0 Å². The highest BCUT2D eigenvalue weighted by Crippen LogP contribution is 2.21. The smallest absolute Gasteiger partial charge is 0.0593 e. The van der Waals surface area contributed by atoms with Crippen LogP contribution in [0.4, 0.5) is 0 Å². The summed E-state index contributed by atoms with van der Waals surface area (Å²) < 4.78 is 5.38. The number of rotatable bonds is 5. The summed E-state index contributed by atoms with van der Waals surface area (Å²) >= 11 is 0. The van der Waals surface area contributed by atoms with Crippen molar-refractivity contribution in [3.8, 4) is 0 Å². The lowest BCUT2D eigenvalue weighted by Crippen LogP contribution is -2.49. The van der Waals surface area contributed by atoms with Crippen LogP contribution in [0.15, 0.2) is 0 Å². The minimum Gasteiger partial charge on any atom is -0.380 e. The van der Waals surface area contributed by atoms with E-state index in [2.05, 4.69) is 11.8 Å². The summed E-state index contributed by atoms with van der Waals surface area (Å²) in [5, 5.41) is 0. The molecule has 84 valence electrons. The van der Waals surface area contributed by atoms with E-state index in [1.807, 2.05) is 6.92 Å². The van der Waals surface area contributed by atoms with Crippen molar-refractivity contribution < 1.29 is 4.74 Å². The molecule has 1 aliphatic heterocycles. The summed E-state index contributed by atoms with van der Waals surface area (Å²) in [6.07, 6.45) is 2.64. The van der Waals surface area contributed by atoms with E-state index in [1.54, 1.807) is 0 Å². The minimum absolute atomic E-state index is 0.573. The third-order valence-electron chi connectivity index (χ3n) is 3.20. The Morgan fingerprint density at radius 3 is 2.93 bits per heavy atom. The van der Waals surface area contributed by atoms with Crippen LogP contribution in [0.5, 0.6) is 0 Å². The second-order valence-corrected chi connectivity index (χ2v) is 4.16. The molecule has 3 heteroatoms. The van der Waals surface area contributed by atoms with Gasteiger partial charge in [0.15, 0.2) is 0 Å². The van der Waals surface area contributed by atoms with Crippen LogP contribution < -0.4 is 5.73 Å². The molecule has 0 aliphatic carbocycles. The highest BCUT2D eigenvalue weighted by molar-refractivity contribution is 4.82. The summed E-state index contributed by atoms with van der Waals surface area (Å²) in [5.74, 6) is 0.746. The molecule has 0 saturated carbocycles. The molecule has 1 aliphatic rings. The van der Waals surface area contributed by atoms with Gasteiger partial charge in [0.05, 0.1) is 6.61 Å². The fourth-order valence-corrected chi connectivity index (χ4v) is 2.32. The lowest BCUT2D eigenvalue weighted by Gasteiger charge is -2.39. The minimum atomic E-state index is 0.573. The van der Waals surface area contributed by atoms with Gasteiger partial charge in [0.1, 0.15) is 0 Å². The number of piperidine rings is 1. The SMILES string of the molecule is CCOCCN1CCCC(C)C1CN. The largest absolute Gasteiger partial charge is 0.380 e. The molecule has 1 rings (SSSR count). The Bertz CT molecular complexity index is 152. The fourth-order valence-electron chi connectivity index (χ4n) is 2.32. The van der Waals surface area contributed by atoms with Gasteiger partial charge in [0.25, 0.3) is 0 Å². The zero-order chi connectivity index (χ0) is 10.4. The van der Waals surface area contributed by atoms with Crippen molar-refractivity contribution >= 4 is 0 Å². The van der Waals surface area contributed by atoms with Crippen molar-refractivity contribution in [2.75, 3.05) is 32.8 Å². The van der Waals surface area contributed by atoms with E-state index >= 15 is 0 Å². The lowest BCUT2D eigenvalue weighted by atomic mass is 9.91. The van der Waals surface area contributed by atoms with Crippen LogP contribution in [0, 0.1) is 5.92 Å². The second-order valence-electron chi connectivity index (χ2n) is 4.16. The molecule has 2 atom stereocenters. The van der Waals surface area contributed by atoms with Crippen molar-refractivity contribution in [1.29, 1.82) is 0 Å². The second kappa shape index (κ2) is 6.38.